The van der Waals surface area contributed by atoms with Crippen molar-refractivity contribution >= 4 is 11.3 Å². The van der Waals surface area contributed by atoms with Crippen LogP contribution >= 0.6 is 11.3 Å². The molecule has 0 aliphatic rings. The van der Waals surface area contributed by atoms with Gasteiger partial charge in [-0.3, -0.25) is 0 Å². The topological polar surface area (TPSA) is 0 Å². The highest BCUT2D eigenvalue weighted by Crippen LogP contribution is 2.27. The van der Waals surface area contributed by atoms with E-state index in [0.717, 1.165) is 0 Å². The zero-order valence-electron chi connectivity index (χ0n) is 11.3. The quantitative estimate of drug-likeness (QED) is 0.651. The molecule has 1 heteroatoms. The third kappa shape index (κ3) is 4.01. The van der Waals surface area contributed by atoms with Crippen LogP contribution in [0.2, 0.25) is 0 Å². The molecule has 0 aliphatic heterocycles. The maximum atomic E-state index is 2.24. The molecular formula is C16H22S. The normalized spacial score (nSPS) is 9.65. The van der Waals surface area contributed by atoms with Crippen molar-refractivity contribution in [1.29, 1.82) is 0 Å². The van der Waals surface area contributed by atoms with Crippen LogP contribution in [0.5, 0.6) is 0 Å². The number of aryl methyl sites for hydroxylation is 2. The van der Waals surface area contributed by atoms with Crippen LogP contribution in [0.25, 0.3) is 10.4 Å². The summed E-state index contributed by atoms with van der Waals surface area (Å²) < 4.78 is 0. The summed E-state index contributed by atoms with van der Waals surface area (Å²) in [4.78, 5) is 2.75. The molecule has 0 atom stereocenters. The molecule has 1 aromatic heterocycles. The van der Waals surface area contributed by atoms with E-state index in [2.05, 4.69) is 50.2 Å². The highest BCUT2D eigenvalue weighted by atomic mass is 32.1. The number of thiophene rings is 1. The summed E-state index contributed by atoms with van der Waals surface area (Å²) in [6.07, 6.45) is 2.40. The lowest BCUT2D eigenvalue weighted by Crippen LogP contribution is -1.81. The summed E-state index contributed by atoms with van der Waals surface area (Å²) >= 11 is 1.86. The Kier molecular flexibility index (Phi) is 5.99. The fourth-order valence-electron chi connectivity index (χ4n) is 1.71. The van der Waals surface area contributed by atoms with E-state index in [1.165, 1.54) is 33.7 Å². The molecule has 92 valence electrons. The molecule has 0 unspecified atom stereocenters. The van der Waals surface area contributed by atoms with E-state index in [0.29, 0.717) is 0 Å². The third-order valence-electron chi connectivity index (χ3n) is 2.52. The molecule has 0 aliphatic carbocycles. The predicted molar refractivity (Wildman–Crippen MR) is 79.8 cm³/mol. The van der Waals surface area contributed by atoms with Crippen molar-refractivity contribution in [1.82, 2.24) is 0 Å². The van der Waals surface area contributed by atoms with Crippen molar-refractivity contribution in [2.75, 3.05) is 0 Å². The van der Waals surface area contributed by atoms with Crippen LogP contribution in [0.3, 0.4) is 0 Å². The maximum Gasteiger partial charge on any atom is 0.0345 e. The first-order valence-corrected chi connectivity index (χ1v) is 7.27. The van der Waals surface area contributed by atoms with Gasteiger partial charge in [-0.2, -0.15) is 0 Å². The molecule has 0 bridgehead atoms. The van der Waals surface area contributed by atoms with Crippen LogP contribution in [-0.2, 0) is 6.42 Å². The minimum atomic E-state index is 1.18. The van der Waals surface area contributed by atoms with E-state index < -0.39 is 0 Å². The van der Waals surface area contributed by atoms with Crippen LogP contribution in [-0.4, -0.2) is 0 Å². The van der Waals surface area contributed by atoms with E-state index in [9.17, 15) is 0 Å². The summed E-state index contributed by atoms with van der Waals surface area (Å²) in [7, 11) is 0. The molecule has 2 aromatic rings. The Hall–Kier alpha value is -1.08. The van der Waals surface area contributed by atoms with Crippen molar-refractivity contribution < 1.29 is 0 Å². The van der Waals surface area contributed by atoms with Gasteiger partial charge in [0.05, 0.1) is 0 Å². The standard InChI is InChI=1S/C14H16S.C2H6/c1-3-4-12-6-8-13(9-7-12)14-10-5-11(2)15-14;1-2/h5-10H,3-4H2,1-2H3;1-2H3. The van der Waals surface area contributed by atoms with E-state index in [1.54, 1.807) is 0 Å². The van der Waals surface area contributed by atoms with Crippen molar-refractivity contribution in [2.24, 2.45) is 0 Å². The van der Waals surface area contributed by atoms with Gasteiger partial charge in [0, 0.05) is 9.75 Å². The molecule has 0 nitrogen and oxygen atoms in total. The maximum absolute atomic E-state index is 2.24. The number of benzene rings is 1. The van der Waals surface area contributed by atoms with Crippen LogP contribution in [0, 0.1) is 6.92 Å². The Morgan fingerprint density at radius 3 is 2.06 bits per heavy atom. The zero-order chi connectivity index (χ0) is 12.7. The monoisotopic (exact) mass is 246 g/mol. The highest BCUT2D eigenvalue weighted by Gasteiger charge is 2.00. The van der Waals surface area contributed by atoms with Gasteiger partial charge in [-0.1, -0.05) is 51.5 Å². The van der Waals surface area contributed by atoms with Gasteiger partial charge in [0.1, 0.15) is 0 Å². The summed E-state index contributed by atoms with van der Waals surface area (Å²) in [5.41, 5.74) is 2.78. The number of hydrogen-bond acceptors (Lipinski definition) is 1. The fourth-order valence-corrected chi connectivity index (χ4v) is 2.59. The molecule has 0 radical (unpaired) electrons. The SMILES string of the molecule is CC.CCCc1ccc(-c2ccc(C)s2)cc1. The number of hydrogen-bond donors (Lipinski definition) is 0. The van der Waals surface area contributed by atoms with Crippen LogP contribution in [0.1, 0.15) is 37.6 Å². The molecule has 0 fully saturated rings. The fraction of sp³-hybridized carbons (Fsp3) is 0.375. The summed E-state index contributed by atoms with van der Waals surface area (Å²) in [5.74, 6) is 0. The van der Waals surface area contributed by atoms with Gasteiger partial charge >= 0.3 is 0 Å². The smallest absolute Gasteiger partial charge is 0.0345 e. The minimum absolute atomic E-state index is 1.18. The lowest BCUT2D eigenvalue weighted by molar-refractivity contribution is 0.922. The molecule has 2 rings (SSSR count). The first kappa shape index (κ1) is 14.0. The second-order valence-electron chi connectivity index (χ2n) is 3.86. The van der Waals surface area contributed by atoms with Crippen molar-refractivity contribution in [3.63, 3.8) is 0 Å². The molecule has 0 spiro atoms. The largest absolute Gasteiger partial charge is 0.141 e. The lowest BCUT2D eigenvalue weighted by atomic mass is 10.1. The van der Waals surface area contributed by atoms with Gasteiger partial charge in [-0.05, 0) is 36.6 Å². The Morgan fingerprint density at radius 2 is 1.59 bits per heavy atom. The number of rotatable bonds is 3. The second kappa shape index (κ2) is 7.29. The Morgan fingerprint density at radius 1 is 0.941 bits per heavy atom. The van der Waals surface area contributed by atoms with Gasteiger partial charge in [0.15, 0.2) is 0 Å². The summed E-state index contributed by atoms with van der Waals surface area (Å²) in [5, 5.41) is 0. The summed E-state index contributed by atoms with van der Waals surface area (Å²) in [6.45, 7) is 8.37. The van der Waals surface area contributed by atoms with Gasteiger partial charge in [-0.25, -0.2) is 0 Å². The van der Waals surface area contributed by atoms with Gasteiger partial charge in [0.2, 0.25) is 0 Å². The van der Waals surface area contributed by atoms with Crippen LogP contribution in [0.15, 0.2) is 36.4 Å². The molecule has 0 saturated carbocycles. The van der Waals surface area contributed by atoms with E-state index >= 15 is 0 Å². The lowest BCUT2D eigenvalue weighted by Gasteiger charge is -2.00. The molecule has 1 heterocycles. The third-order valence-corrected chi connectivity index (χ3v) is 3.57. The van der Waals surface area contributed by atoms with Crippen molar-refractivity contribution in [3.05, 3.63) is 46.8 Å². The molecule has 17 heavy (non-hydrogen) atoms. The Labute approximate surface area is 109 Å². The molecular weight excluding hydrogens is 224 g/mol. The van der Waals surface area contributed by atoms with Crippen LogP contribution in [0.4, 0.5) is 0 Å². The molecule has 0 N–H and O–H groups in total. The summed E-state index contributed by atoms with van der Waals surface area (Å²) in [6, 6.07) is 13.3. The predicted octanol–water partition coefficient (Wildman–Crippen LogP) is 5.70. The molecule has 1 aromatic carbocycles. The second-order valence-corrected chi connectivity index (χ2v) is 5.15. The van der Waals surface area contributed by atoms with Crippen LogP contribution < -0.4 is 0 Å². The average molecular weight is 246 g/mol. The minimum Gasteiger partial charge on any atom is -0.141 e. The van der Waals surface area contributed by atoms with Gasteiger partial charge in [0.25, 0.3) is 0 Å². The van der Waals surface area contributed by atoms with Gasteiger partial charge < -0.3 is 0 Å². The first-order chi connectivity index (χ1) is 8.29. The zero-order valence-corrected chi connectivity index (χ0v) is 12.1. The first-order valence-electron chi connectivity index (χ1n) is 6.45. The van der Waals surface area contributed by atoms with Gasteiger partial charge in [-0.15, -0.1) is 11.3 Å². The highest BCUT2D eigenvalue weighted by molar-refractivity contribution is 7.15. The van der Waals surface area contributed by atoms with E-state index in [1.807, 2.05) is 25.2 Å². The average Bonchev–Trinajstić information content (AvgIpc) is 2.80. The Balaban J connectivity index is 0.000000686. The molecule has 0 saturated heterocycles. The van der Waals surface area contributed by atoms with E-state index in [4.69, 9.17) is 0 Å². The Bertz CT molecular complexity index is 423. The van der Waals surface area contributed by atoms with Crippen molar-refractivity contribution in [2.45, 2.75) is 40.5 Å². The molecule has 0 amide bonds. The van der Waals surface area contributed by atoms with E-state index in [-0.39, 0.29) is 0 Å². The van der Waals surface area contributed by atoms with Crippen molar-refractivity contribution in [3.8, 4) is 10.4 Å².